The van der Waals surface area contributed by atoms with E-state index < -0.39 is 0 Å². The van der Waals surface area contributed by atoms with Gasteiger partial charge >= 0.3 is 0 Å². The molecule has 5 nitrogen and oxygen atoms in total. The molecule has 0 fully saturated rings. The van der Waals surface area contributed by atoms with Crippen molar-refractivity contribution in [2.75, 3.05) is 35.7 Å². The van der Waals surface area contributed by atoms with Gasteiger partial charge < -0.3 is 15.5 Å². The minimum atomic E-state index is -0.0483. The number of rotatable bonds is 1. The van der Waals surface area contributed by atoms with Crippen molar-refractivity contribution in [1.29, 1.82) is 0 Å². The van der Waals surface area contributed by atoms with Crippen molar-refractivity contribution in [3.63, 3.8) is 0 Å². The topological polar surface area (TPSA) is 62.5 Å². The van der Waals surface area contributed by atoms with Crippen molar-refractivity contribution >= 4 is 23.0 Å². The first-order valence-electron chi connectivity index (χ1n) is 6.92. The van der Waals surface area contributed by atoms with Crippen LogP contribution in [-0.2, 0) is 0 Å². The summed E-state index contributed by atoms with van der Waals surface area (Å²) in [5.74, 6) is -0.0483. The number of amides is 1. The second kappa shape index (κ2) is 5.09. The Kier molecular flexibility index (Phi) is 3.25. The van der Waals surface area contributed by atoms with Crippen LogP contribution in [-0.4, -0.2) is 31.0 Å². The normalized spacial score (nSPS) is 14.0. The van der Waals surface area contributed by atoms with Crippen molar-refractivity contribution in [2.24, 2.45) is 0 Å². The van der Waals surface area contributed by atoms with Crippen LogP contribution in [0.1, 0.15) is 16.1 Å². The van der Waals surface area contributed by atoms with Crippen LogP contribution in [0.25, 0.3) is 0 Å². The van der Waals surface area contributed by atoms with Crippen LogP contribution in [0.2, 0.25) is 0 Å². The fraction of sp³-hybridized carbons (Fsp3) is 0.250. The van der Waals surface area contributed by atoms with Gasteiger partial charge in [-0.2, -0.15) is 0 Å². The summed E-state index contributed by atoms with van der Waals surface area (Å²) in [7, 11) is 2.04. The van der Waals surface area contributed by atoms with Gasteiger partial charge in [0.25, 0.3) is 5.91 Å². The summed E-state index contributed by atoms with van der Waals surface area (Å²) in [4.78, 5) is 21.0. The van der Waals surface area contributed by atoms with Crippen molar-refractivity contribution in [3.8, 4) is 0 Å². The molecule has 0 radical (unpaired) electrons. The van der Waals surface area contributed by atoms with Crippen LogP contribution in [0.5, 0.6) is 0 Å². The third kappa shape index (κ3) is 2.31. The second-order valence-electron chi connectivity index (χ2n) is 5.27. The van der Waals surface area contributed by atoms with Crippen LogP contribution in [0.15, 0.2) is 36.5 Å². The first-order valence-corrected chi connectivity index (χ1v) is 6.92. The number of carbonyl (C=O) groups excluding carboxylic acids is 1. The molecule has 108 valence electrons. The number of benzene rings is 1. The third-order valence-corrected chi connectivity index (χ3v) is 3.83. The van der Waals surface area contributed by atoms with E-state index in [0.29, 0.717) is 23.5 Å². The van der Waals surface area contributed by atoms with Crippen LogP contribution in [0.4, 0.5) is 17.1 Å². The van der Waals surface area contributed by atoms with E-state index in [0.717, 1.165) is 17.9 Å². The molecule has 5 heteroatoms. The number of anilines is 3. The molecule has 2 aromatic rings. The monoisotopic (exact) mass is 282 g/mol. The average Bonchev–Trinajstić information content (AvgIpc) is 2.50. The van der Waals surface area contributed by atoms with Gasteiger partial charge in [-0.3, -0.25) is 9.78 Å². The number of fused-ring (bicyclic) bond motifs is 1. The summed E-state index contributed by atoms with van der Waals surface area (Å²) < 4.78 is 0. The summed E-state index contributed by atoms with van der Waals surface area (Å²) in [5, 5.41) is 0. The highest BCUT2D eigenvalue weighted by molar-refractivity contribution is 6.09. The molecule has 21 heavy (non-hydrogen) atoms. The molecule has 0 bridgehead atoms. The Balaban J connectivity index is 2.03. The van der Waals surface area contributed by atoms with Crippen LogP contribution >= 0.6 is 0 Å². The summed E-state index contributed by atoms with van der Waals surface area (Å²) in [6.07, 6.45) is 1.57. The number of hydrogen-bond acceptors (Lipinski definition) is 4. The van der Waals surface area contributed by atoms with Gasteiger partial charge in [0.15, 0.2) is 0 Å². The molecular weight excluding hydrogens is 264 g/mol. The number of aromatic nitrogens is 1. The van der Waals surface area contributed by atoms with Gasteiger partial charge in [0.2, 0.25) is 0 Å². The van der Waals surface area contributed by atoms with E-state index in [9.17, 15) is 4.79 Å². The Hall–Kier alpha value is -2.56. The molecule has 0 saturated carbocycles. The number of pyridine rings is 1. The molecule has 1 aromatic heterocycles. The Morgan fingerprint density at radius 1 is 1.24 bits per heavy atom. The zero-order valence-electron chi connectivity index (χ0n) is 12.2. The molecule has 0 saturated heterocycles. The van der Waals surface area contributed by atoms with Gasteiger partial charge in [0, 0.05) is 20.1 Å². The lowest BCUT2D eigenvalue weighted by atomic mass is 10.1. The first kappa shape index (κ1) is 13.4. The van der Waals surface area contributed by atoms with Gasteiger partial charge in [-0.05, 0) is 25.1 Å². The Bertz CT molecular complexity index is 698. The summed E-state index contributed by atoms with van der Waals surface area (Å²) in [6.45, 7) is 3.28. The standard InChI is InChI=1S/C16H18N4O/c1-11-13(9-12(17)10-18-11)16(21)20-8-7-19(2)14-5-3-4-6-15(14)20/h3-6,9-10H,7-8,17H2,1-2H3. The predicted octanol–water partition coefficient (Wildman–Crippen LogP) is 2.07. The van der Waals surface area contributed by atoms with Crippen molar-refractivity contribution in [2.45, 2.75) is 6.92 Å². The Morgan fingerprint density at radius 3 is 2.71 bits per heavy atom. The van der Waals surface area contributed by atoms with Crippen molar-refractivity contribution in [1.82, 2.24) is 4.98 Å². The fourth-order valence-corrected chi connectivity index (χ4v) is 2.63. The Morgan fingerprint density at radius 2 is 1.95 bits per heavy atom. The molecule has 0 unspecified atom stereocenters. The first-order chi connectivity index (χ1) is 10.1. The molecule has 1 aliphatic rings. The highest BCUT2D eigenvalue weighted by Gasteiger charge is 2.26. The van der Waals surface area contributed by atoms with E-state index in [-0.39, 0.29) is 5.91 Å². The average molecular weight is 282 g/mol. The Labute approximate surface area is 124 Å². The molecule has 0 atom stereocenters. The lowest BCUT2D eigenvalue weighted by molar-refractivity contribution is 0.0986. The predicted molar refractivity (Wildman–Crippen MR) is 84.8 cm³/mol. The lowest BCUT2D eigenvalue weighted by Gasteiger charge is -2.35. The van der Waals surface area contributed by atoms with Crippen molar-refractivity contribution in [3.05, 3.63) is 47.8 Å². The summed E-state index contributed by atoms with van der Waals surface area (Å²) in [5.41, 5.74) is 9.53. The molecule has 2 N–H and O–H groups in total. The second-order valence-corrected chi connectivity index (χ2v) is 5.27. The van der Waals surface area contributed by atoms with Gasteiger partial charge in [0.05, 0.1) is 34.5 Å². The highest BCUT2D eigenvalue weighted by atomic mass is 16.2. The smallest absolute Gasteiger partial charge is 0.260 e. The number of nitrogens with two attached hydrogens (primary N) is 1. The number of likely N-dealkylation sites (N-methyl/N-ethyl adjacent to an activating group) is 1. The number of para-hydroxylation sites is 2. The third-order valence-electron chi connectivity index (χ3n) is 3.83. The number of aryl methyl sites for hydroxylation is 1. The fourth-order valence-electron chi connectivity index (χ4n) is 2.63. The minimum Gasteiger partial charge on any atom is -0.397 e. The van der Waals surface area contributed by atoms with Crippen LogP contribution in [0.3, 0.4) is 0 Å². The van der Waals surface area contributed by atoms with E-state index in [1.807, 2.05) is 38.2 Å². The SMILES string of the molecule is Cc1ncc(N)cc1C(=O)N1CCN(C)c2ccccc21. The van der Waals surface area contributed by atoms with E-state index >= 15 is 0 Å². The largest absolute Gasteiger partial charge is 0.397 e. The lowest BCUT2D eigenvalue weighted by Crippen LogP contribution is -2.43. The molecule has 2 heterocycles. The highest BCUT2D eigenvalue weighted by Crippen LogP contribution is 2.33. The quantitative estimate of drug-likeness (QED) is 0.869. The van der Waals surface area contributed by atoms with E-state index in [1.165, 1.54) is 0 Å². The maximum Gasteiger partial charge on any atom is 0.260 e. The number of carbonyl (C=O) groups is 1. The zero-order valence-corrected chi connectivity index (χ0v) is 12.2. The molecule has 3 rings (SSSR count). The number of hydrogen-bond donors (Lipinski definition) is 1. The van der Waals surface area contributed by atoms with Gasteiger partial charge in [-0.15, -0.1) is 0 Å². The maximum atomic E-state index is 12.9. The zero-order chi connectivity index (χ0) is 15.0. The van der Waals surface area contributed by atoms with E-state index in [4.69, 9.17) is 5.73 Å². The van der Waals surface area contributed by atoms with Crippen LogP contribution < -0.4 is 15.5 Å². The molecule has 0 aliphatic carbocycles. The van der Waals surface area contributed by atoms with Gasteiger partial charge in [0.1, 0.15) is 0 Å². The van der Waals surface area contributed by atoms with Crippen LogP contribution in [0, 0.1) is 6.92 Å². The van der Waals surface area contributed by atoms with Crippen molar-refractivity contribution < 1.29 is 4.79 Å². The van der Waals surface area contributed by atoms with Gasteiger partial charge in [-0.25, -0.2) is 0 Å². The minimum absolute atomic E-state index is 0.0483. The van der Waals surface area contributed by atoms with Gasteiger partial charge in [-0.1, -0.05) is 12.1 Å². The number of nitrogen functional groups attached to an aromatic ring is 1. The summed E-state index contributed by atoms with van der Waals surface area (Å²) >= 11 is 0. The molecule has 1 amide bonds. The molecule has 0 spiro atoms. The maximum absolute atomic E-state index is 12.9. The molecular formula is C16H18N4O. The number of nitrogens with zero attached hydrogens (tertiary/aromatic N) is 3. The molecule has 1 aromatic carbocycles. The van der Waals surface area contributed by atoms with E-state index in [2.05, 4.69) is 9.88 Å². The summed E-state index contributed by atoms with van der Waals surface area (Å²) in [6, 6.07) is 9.63. The van der Waals surface area contributed by atoms with E-state index in [1.54, 1.807) is 17.2 Å². The molecule has 1 aliphatic heterocycles.